The van der Waals surface area contributed by atoms with Crippen LogP contribution in [0.25, 0.3) is 11.3 Å². The van der Waals surface area contributed by atoms with Gasteiger partial charge in [-0.1, -0.05) is 91.0 Å². The molecule has 0 spiro atoms. The molecule has 47 heavy (non-hydrogen) atoms. The second-order valence-electron chi connectivity index (χ2n) is 12.4. The van der Waals surface area contributed by atoms with E-state index in [4.69, 9.17) is 9.47 Å². The van der Waals surface area contributed by atoms with E-state index in [0.29, 0.717) is 18.7 Å². The molecule has 0 saturated heterocycles. The van der Waals surface area contributed by atoms with Gasteiger partial charge in [-0.15, -0.1) is 0 Å². The normalized spacial score (nSPS) is 14.0. The van der Waals surface area contributed by atoms with Gasteiger partial charge in [-0.3, -0.25) is 0 Å². The molecular formula is C36H45N5O6. The van der Waals surface area contributed by atoms with E-state index in [9.17, 15) is 19.8 Å². The Labute approximate surface area is 275 Å². The minimum absolute atomic E-state index is 0.0535. The van der Waals surface area contributed by atoms with Gasteiger partial charge in [0.15, 0.2) is 6.61 Å². The third-order valence-electron chi connectivity index (χ3n) is 7.29. The van der Waals surface area contributed by atoms with Gasteiger partial charge in [-0.05, 0) is 50.3 Å². The summed E-state index contributed by atoms with van der Waals surface area (Å²) in [5.74, 6) is 0.486. The molecule has 0 bridgehead atoms. The first-order chi connectivity index (χ1) is 22.6. The van der Waals surface area contributed by atoms with Crippen LogP contribution in [0.3, 0.4) is 0 Å². The molecule has 4 atom stereocenters. The van der Waals surface area contributed by atoms with Gasteiger partial charge >= 0.3 is 12.2 Å². The Hall–Kier alpha value is -4.71. The van der Waals surface area contributed by atoms with Crippen LogP contribution < -0.4 is 16.0 Å². The summed E-state index contributed by atoms with van der Waals surface area (Å²) in [5, 5.41) is 30.9. The molecule has 250 valence electrons. The van der Waals surface area contributed by atoms with Crippen molar-refractivity contribution in [3.8, 4) is 11.3 Å². The molecule has 1 heterocycles. The van der Waals surface area contributed by atoms with Crippen molar-refractivity contribution in [2.75, 3.05) is 13.1 Å². The molecule has 0 aliphatic carbocycles. The van der Waals surface area contributed by atoms with E-state index in [2.05, 4.69) is 25.9 Å². The molecule has 6 N–H and O–H groups in total. The Morgan fingerprint density at radius 1 is 0.766 bits per heavy atom. The maximum atomic E-state index is 12.8. The average Bonchev–Trinajstić information content (AvgIpc) is 3.53. The number of amides is 2. The molecule has 4 rings (SSSR count). The molecule has 3 aromatic carbocycles. The van der Waals surface area contributed by atoms with Crippen molar-refractivity contribution in [2.45, 2.75) is 70.1 Å². The molecule has 0 unspecified atom stereocenters. The van der Waals surface area contributed by atoms with Crippen LogP contribution in [0.2, 0.25) is 0 Å². The summed E-state index contributed by atoms with van der Waals surface area (Å²) in [5.41, 5.74) is 2.93. The molecule has 0 aliphatic heterocycles. The fourth-order valence-electron chi connectivity index (χ4n) is 4.95. The first-order valence-electron chi connectivity index (χ1n) is 15.7. The average molecular weight is 644 g/mol. The van der Waals surface area contributed by atoms with Gasteiger partial charge in [0.2, 0.25) is 0 Å². The van der Waals surface area contributed by atoms with Crippen LogP contribution in [-0.4, -0.2) is 75.3 Å². The van der Waals surface area contributed by atoms with Crippen LogP contribution >= 0.6 is 0 Å². The third-order valence-corrected chi connectivity index (χ3v) is 7.29. The number of hydrogen-bond acceptors (Lipinski definition) is 8. The van der Waals surface area contributed by atoms with Gasteiger partial charge in [0.1, 0.15) is 11.4 Å². The number of nitrogens with one attached hydrogen (secondary N) is 4. The number of aromatic nitrogens is 2. The number of aliphatic hydroxyl groups is 2. The van der Waals surface area contributed by atoms with Gasteiger partial charge < -0.3 is 40.6 Å². The first kappa shape index (κ1) is 35.1. The molecule has 11 nitrogen and oxygen atoms in total. The van der Waals surface area contributed by atoms with Crippen molar-refractivity contribution >= 4 is 12.2 Å². The lowest BCUT2D eigenvalue weighted by Crippen LogP contribution is -2.52. The molecular weight excluding hydrogens is 598 g/mol. The third kappa shape index (κ3) is 12.2. The topological polar surface area (TPSA) is 158 Å². The first-order valence-corrected chi connectivity index (χ1v) is 15.7. The van der Waals surface area contributed by atoms with Crippen LogP contribution in [0.5, 0.6) is 0 Å². The predicted octanol–water partition coefficient (Wildman–Crippen LogP) is 4.36. The zero-order valence-electron chi connectivity index (χ0n) is 27.1. The number of rotatable bonds is 15. The second-order valence-corrected chi connectivity index (χ2v) is 12.4. The van der Waals surface area contributed by atoms with Crippen molar-refractivity contribution in [3.05, 3.63) is 114 Å². The summed E-state index contributed by atoms with van der Waals surface area (Å²) in [6.07, 6.45) is -0.971. The molecule has 0 fully saturated rings. The van der Waals surface area contributed by atoms with Gasteiger partial charge in [-0.25, -0.2) is 14.6 Å². The number of carbonyl (C=O) groups excluding carboxylic acids is 2. The summed E-state index contributed by atoms with van der Waals surface area (Å²) < 4.78 is 10.8. The minimum atomic E-state index is -1.03. The Morgan fingerprint density at radius 3 is 1.77 bits per heavy atom. The van der Waals surface area contributed by atoms with Crippen LogP contribution in [0.15, 0.2) is 97.2 Å². The summed E-state index contributed by atoms with van der Waals surface area (Å²) in [6, 6.07) is 27.3. The van der Waals surface area contributed by atoms with E-state index in [1.54, 1.807) is 27.0 Å². The lowest BCUT2D eigenvalue weighted by molar-refractivity contribution is 0.0415. The molecule has 4 aromatic rings. The Morgan fingerprint density at radius 2 is 1.26 bits per heavy atom. The fourth-order valence-corrected chi connectivity index (χ4v) is 4.95. The Balaban J connectivity index is 1.33. The van der Waals surface area contributed by atoms with Gasteiger partial charge in [0.05, 0.1) is 36.2 Å². The number of aliphatic hydroxyl groups excluding tert-OH is 2. The fraction of sp³-hybridized carbons (Fsp3) is 0.361. The van der Waals surface area contributed by atoms with Crippen LogP contribution in [0.4, 0.5) is 9.59 Å². The van der Waals surface area contributed by atoms with Crippen LogP contribution in [0.1, 0.15) is 37.7 Å². The molecule has 2 amide bonds. The van der Waals surface area contributed by atoms with Crippen molar-refractivity contribution in [1.82, 2.24) is 25.9 Å². The number of carbonyl (C=O) groups is 2. The Bertz CT molecular complexity index is 1510. The van der Waals surface area contributed by atoms with Gasteiger partial charge in [0.25, 0.3) is 0 Å². The highest BCUT2D eigenvalue weighted by Gasteiger charge is 2.27. The number of alkyl carbamates (subject to hydrolysis) is 2. The van der Waals surface area contributed by atoms with Gasteiger partial charge in [-0.2, -0.15) is 0 Å². The van der Waals surface area contributed by atoms with E-state index in [-0.39, 0.29) is 19.7 Å². The maximum Gasteiger partial charge on any atom is 0.407 e. The number of imidazole rings is 1. The minimum Gasteiger partial charge on any atom is -0.444 e. The van der Waals surface area contributed by atoms with E-state index in [1.807, 2.05) is 91.0 Å². The van der Waals surface area contributed by atoms with Crippen molar-refractivity contribution in [3.63, 3.8) is 0 Å². The lowest BCUT2D eigenvalue weighted by atomic mass is 10.00. The molecule has 0 saturated carbocycles. The number of aromatic amines is 1. The van der Waals surface area contributed by atoms with Crippen LogP contribution in [-0.2, 0) is 28.9 Å². The number of benzene rings is 3. The number of H-pyrrole nitrogens is 1. The summed E-state index contributed by atoms with van der Waals surface area (Å²) in [7, 11) is 0. The molecule has 0 aliphatic rings. The second kappa shape index (κ2) is 17.3. The highest BCUT2D eigenvalue weighted by molar-refractivity contribution is 5.68. The van der Waals surface area contributed by atoms with Crippen molar-refractivity contribution in [2.24, 2.45) is 0 Å². The lowest BCUT2D eigenvalue weighted by Gasteiger charge is -2.28. The maximum absolute atomic E-state index is 12.8. The highest BCUT2D eigenvalue weighted by Crippen LogP contribution is 2.16. The summed E-state index contributed by atoms with van der Waals surface area (Å²) in [4.78, 5) is 32.9. The smallest absolute Gasteiger partial charge is 0.407 e. The van der Waals surface area contributed by atoms with Crippen molar-refractivity contribution < 1.29 is 29.3 Å². The zero-order valence-corrected chi connectivity index (χ0v) is 27.1. The molecule has 1 aromatic heterocycles. The summed E-state index contributed by atoms with van der Waals surface area (Å²) in [6.45, 7) is 5.35. The molecule has 11 heteroatoms. The van der Waals surface area contributed by atoms with Crippen LogP contribution in [0, 0.1) is 0 Å². The number of hydrogen-bond donors (Lipinski definition) is 6. The standard InChI is InChI=1S/C36H45N5O6/c1-36(2,3)47-35(45)41-29(20-26-15-9-5-10-16-26)32(43)23-37-22-31(42)28(19-25-13-7-4-8-14-25)40-34(44)46-24-33-38-21-30(39-33)27-17-11-6-12-18-27/h4-18,21,28-29,31-32,37,42-43H,19-20,22-24H2,1-3H3,(H,38,39)(H,40,44)(H,41,45)/t28-,29-,31+,32+/m0/s1. The van der Waals surface area contributed by atoms with Gasteiger partial charge in [0, 0.05) is 13.1 Å². The van der Waals surface area contributed by atoms with E-state index >= 15 is 0 Å². The predicted molar refractivity (Wildman–Crippen MR) is 179 cm³/mol. The van der Waals surface area contributed by atoms with E-state index < -0.39 is 42.1 Å². The quantitative estimate of drug-likeness (QED) is 0.112. The van der Waals surface area contributed by atoms with Crippen molar-refractivity contribution in [1.29, 1.82) is 0 Å². The highest BCUT2D eigenvalue weighted by atomic mass is 16.6. The number of nitrogens with zero attached hydrogens (tertiary/aromatic N) is 1. The molecule has 0 radical (unpaired) electrons. The Kier molecular flexibility index (Phi) is 12.9. The van der Waals surface area contributed by atoms with E-state index in [1.165, 1.54) is 0 Å². The number of ether oxygens (including phenoxy) is 2. The largest absolute Gasteiger partial charge is 0.444 e. The summed E-state index contributed by atoms with van der Waals surface area (Å²) >= 11 is 0. The van der Waals surface area contributed by atoms with E-state index in [0.717, 1.165) is 22.4 Å². The monoisotopic (exact) mass is 643 g/mol. The zero-order chi connectivity index (χ0) is 33.6. The SMILES string of the molecule is CC(C)(C)OC(=O)N[C@@H](Cc1ccccc1)[C@H](O)CNC[C@@H](O)[C@H](Cc1ccccc1)NC(=O)OCc1ncc(-c2ccccc2)[nH]1.